The molecule has 3 atom stereocenters. The Morgan fingerprint density at radius 3 is 2.42 bits per heavy atom. The molecular formula is C29H50N2O6S. The van der Waals surface area contributed by atoms with Crippen molar-refractivity contribution in [3.05, 3.63) is 0 Å². The van der Waals surface area contributed by atoms with Gasteiger partial charge in [-0.15, -0.1) is 0 Å². The van der Waals surface area contributed by atoms with E-state index in [0.29, 0.717) is 32.1 Å². The van der Waals surface area contributed by atoms with Crippen LogP contribution in [0.4, 0.5) is 0 Å². The van der Waals surface area contributed by atoms with Crippen LogP contribution in [0.5, 0.6) is 0 Å². The molecule has 0 radical (unpaired) electrons. The van der Waals surface area contributed by atoms with Crippen molar-refractivity contribution in [1.82, 2.24) is 4.90 Å². The number of hydrogen-bond acceptors (Lipinski definition) is 7. The molecule has 3 unspecified atom stereocenters. The quantitative estimate of drug-likeness (QED) is 0.234. The first-order valence-corrected chi connectivity index (χ1v) is 17.0. The van der Waals surface area contributed by atoms with Gasteiger partial charge in [0.1, 0.15) is 6.61 Å². The summed E-state index contributed by atoms with van der Waals surface area (Å²) < 4.78 is 38.3. The Bertz CT molecular complexity index is 879. The average Bonchev–Trinajstić information content (AvgIpc) is 2.94. The Morgan fingerprint density at radius 1 is 1.00 bits per heavy atom. The van der Waals surface area contributed by atoms with E-state index in [4.69, 9.17) is 14.6 Å². The zero-order valence-electron chi connectivity index (χ0n) is 23.4. The fourth-order valence-corrected chi connectivity index (χ4v) is 9.15. The highest BCUT2D eigenvalue weighted by Gasteiger charge is 2.43. The van der Waals surface area contributed by atoms with Crippen molar-refractivity contribution in [3.8, 4) is 0 Å². The van der Waals surface area contributed by atoms with Crippen molar-refractivity contribution in [2.45, 2.75) is 114 Å². The molecule has 0 aromatic rings. The topological polar surface area (TPSA) is 106 Å². The van der Waals surface area contributed by atoms with Crippen LogP contribution in [0.2, 0.25) is 0 Å². The van der Waals surface area contributed by atoms with Gasteiger partial charge >= 0.3 is 0 Å². The fourth-order valence-electron chi connectivity index (χ4n) is 7.31. The van der Waals surface area contributed by atoms with Gasteiger partial charge in [0.15, 0.2) is 15.7 Å². The van der Waals surface area contributed by atoms with Gasteiger partial charge in [-0.2, -0.15) is 0 Å². The normalized spacial score (nSPS) is 31.7. The minimum absolute atomic E-state index is 0.0726. The molecule has 218 valence electrons. The number of aliphatic hydroxyl groups is 1. The van der Waals surface area contributed by atoms with E-state index in [1.807, 2.05) is 4.90 Å². The van der Waals surface area contributed by atoms with Crippen molar-refractivity contribution >= 4 is 21.6 Å². The molecule has 4 fully saturated rings. The van der Waals surface area contributed by atoms with E-state index in [2.05, 4.69) is 4.99 Å². The molecular weight excluding hydrogens is 504 g/mol. The third-order valence-electron chi connectivity index (χ3n) is 9.50. The predicted octanol–water partition coefficient (Wildman–Crippen LogP) is 4.14. The predicted molar refractivity (Wildman–Crippen MR) is 149 cm³/mol. The summed E-state index contributed by atoms with van der Waals surface area (Å²) >= 11 is 0. The Hall–Kier alpha value is -1.19. The summed E-state index contributed by atoms with van der Waals surface area (Å²) in [5.74, 6) is 1.34. The summed E-state index contributed by atoms with van der Waals surface area (Å²) in [6.45, 7) is 1.41. The Morgan fingerprint density at radius 2 is 1.71 bits per heavy atom. The van der Waals surface area contributed by atoms with E-state index >= 15 is 0 Å². The van der Waals surface area contributed by atoms with Crippen LogP contribution in [0, 0.1) is 17.8 Å². The summed E-state index contributed by atoms with van der Waals surface area (Å²) in [6.07, 6.45) is 14.6. The van der Waals surface area contributed by atoms with Crippen molar-refractivity contribution in [2.75, 3.05) is 39.2 Å². The monoisotopic (exact) mass is 554 g/mol. The molecule has 1 amide bonds. The first-order valence-electron chi connectivity index (χ1n) is 15.3. The van der Waals surface area contributed by atoms with Gasteiger partial charge in [0.05, 0.1) is 23.0 Å². The van der Waals surface area contributed by atoms with Crippen molar-refractivity contribution < 1.29 is 27.8 Å². The van der Waals surface area contributed by atoms with Crippen LogP contribution < -0.4 is 0 Å². The number of rotatable bonds is 11. The molecule has 0 aromatic heterocycles. The second-order valence-electron chi connectivity index (χ2n) is 12.0. The summed E-state index contributed by atoms with van der Waals surface area (Å²) in [5.41, 5.74) is 0. The van der Waals surface area contributed by atoms with E-state index in [9.17, 15) is 13.2 Å². The molecule has 0 spiro atoms. The number of likely N-dealkylation sites (tertiary alicyclic amines) is 1. The third kappa shape index (κ3) is 7.72. The average molecular weight is 555 g/mol. The number of nitrogens with zero attached hydrogens (tertiary/aromatic N) is 2. The Kier molecular flexibility index (Phi) is 11.3. The second kappa shape index (κ2) is 14.4. The number of fused-ring (bicyclic) bond motifs is 1. The zero-order chi connectivity index (χ0) is 27.0. The summed E-state index contributed by atoms with van der Waals surface area (Å²) in [6, 6.07) is 0.175. The van der Waals surface area contributed by atoms with Gasteiger partial charge in [-0.05, 0) is 70.1 Å². The molecule has 0 bridgehead atoms. The van der Waals surface area contributed by atoms with Crippen LogP contribution in [-0.2, 0) is 24.1 Å². The molecule has 3 aliphatic carbocycles. The number of carbonyl (C=O) groups is 1. The van der Waals surface area contributed by atoms with E-state index < -0.39 is 9.84 Å². The van der Waals surface area contributed by atoms with Gasteiger partial charge in [0, 0.05) is 38.8 Å². The molecule has 1 heterocycles. The molecule has 8 nitrogen and oxygen atoms in total. The maximum Gasteiger partial charge on any atom is 0.229 e. The number of aliphatic hydroxyl groups excluding tert-OH is 1. The fraction of sp³-hybridized carbons (Fsp3) is 0.931. The Labute approximate surface area is 229 Å². The third-order valence-corrected chi connectivity index (χ3v) is 11.7. The van der Waals surface area contributed by atoms with Gasteiger partial charge in [-0.1, -0.05) is 32.1 Å². The number of carbonyl (C=O) groups excluding carboxylic acids is 1. The van der Waals surface area contributed by atoms with E-state index in [-0.39, 0.29) is 47.5 Å². The molecule has 4 aliphatic rings. The first-order chi connectivity index (χ1) is 18.4. The maximum absolute atomic E-state index is 13.7. The highest BCUT2D eigenvalue weighted by Crippen LogP contribution is 2.39. The molecule has 9 heteroatoms. The molecule has 1 aliphatic heterocycles. The van der Waals surface area contributed by atoms with Crippen molar-refractivity contribution in [2.24, 2.45) is 22.7 Å². The molecule has 1 N–H and O–H groups in total. The van der Waals surface area contributed by atoms with Crippen LogP contribution >= 0.6 is 0 Å². The van der Waals surface area contributed by atoms with Gasteiger partial charge in [-0.25, -0.2) is 8.42 Å². The highest BCUT2D eigenvalue weighted by atomic mass is 32.2. The Balaban J connectivity index is 1.32. The number of hydrogen-bond donors (Lipinski definition) is 1. The largest absolute Gasteiger partial charge is 0.480 e. The van der Waals surface area contributed by atoms with Gasteiger partial charge in [0.2, 0.25) is 5.91 Å². The lowest BCUT2D eigenvalue weighted by atomic mass is 9.74. The molecule has 4 rings (SSSR count). The maximum atomic E-state index is 13.7. The standard InChI is InChI=1S/C29H50N2O6S/c1-30-28(22-12-14-25(15-13-22)36-18-7-17-32)37-21-24-20-23-8-5-6-11-27(23)31(29(24)33)16-19-38(34,35)26-9-3-2-4-10-26/h22-27,32H,2-21H2,1H3. The molecule has 3 saturated carbocycles. The molecule has 0 aromatic carbocycles. The van der Waals surface area contributed by atoms with E-state index in [1.165, 1.54) is 6.42 Å². The van der Waals surface area contributed by atoms with Crippen LogP contribution in [0.1, 0.15) is 96.3 Å². The number of sulfone groups is 1. The van der Waals surface area contributed by atoms with E-state index in [0.717, 1.165) is 89.4 Å². The van der Waals surface area contributed by atoms with Gasteiger partial charge in [-0.3, -0.25) is 9.79 Å². The lowest BCUT2D eigenvalue weighted by Gasteiger charge is -2.47. The van der Waals surface area contributed by atoms with E-state index in [1.54, 1.807) is 7.05 Å². The minimum Gasteiger partial charge on any atom is -0.480 e. The van der Waals surface area contributed by atoms with Crippen LogP contribution in [-0.4, -0.2) is 86.8 Å². The lowest BCUT2D eigenvalue weighted by molar-refractivity contribution is -0.147. The van der Waals surface area contributed by atoms with Crippen LogP contribution in [0.3, 0.4) is 0 Å². The van der Waals surface area contributed by atoms with Crippen LogP contribution in [0.25, 0.3) is 0 Å². The second-order valence-corrected chi connectivity index (χ2v) is 14.4. The van der Waals surface area contributed by atoms with Crippen LogP contribution in [0.15, 0.2) is 4.99 Å². The summed E-state index contributed by atoms with van der Waals surface area (Å²) in [7, 11) is -1.42. The molecule has 1 saturated heterocycles. The summed E-state index contributed by atoms with van der Waals surface area (Å²) in [5, 5.41) is 8.74. The number of amides is 1. The van der Waals surface area contributed by atoms with Crippen molar-refractivity contribution in [1.29, 1.82) is 0 Å². The SMILES string of the molecule is CN=C(OCC1CC2CCCCC2N(CCS(=O)(=O)C2CCCCC2)C1=O)C1CCC(OCCCO)CC1. The lowest BCUT2D eigenvalue weighted by Crippen LogP contribution is -2.56. The smallest absolute Gasteiger partial charge is 0.229 e. The van der Waals surface area contributed by atoms with Crippen molar-refractivity contribution in [3.63, 3.8) is 0 Å². The first kappa shape index (κ1) is 29.8. The number of ether oxygens (including phenoxy) is 2. The number of aliphatic imine (C=N–C) groups is 1. The van der Waals surface area contributed by atoms with Gasteiger partial charge < -0.3 is 19.5 Å². The molecule has 38 heavy (non-hydrogen) atoms. The zero-order valence-corrected chi connectivity index (χ0v) is 24.2. The van der Waals surface area contributed by atoms with Gasteiger partial charge in [0.25, 0.3) is 0 Å². The highest BCUT2D eigenvalue weighted by molar-refractivity contribution is 7.92. The minimum atomic E-state index is -3.18. The number of piperidine rings is 1. The summed E-state index contributed by atoms with van der Waals surface area (Å²) in [4.78, 5) is 20.1.